The first-order valence-electron chi connectivity index (χ1n) is 6.43. The molecule has 0 spiro atoms. The van der Waals surface area contributed by atoms with E-state index < -0.39 is 17.2 Å². The van der Waals surface area contributed by atoms with Gasteiger partial charge in [0.25, 0.3) is 0 Å². The molecule has 4 nitrogen and oxygen atoms in total. The highest BCUT2D eigenvalue weighted by Gasteiger charge is 2.46. The number of phenols is 1. The smallest absolute Gasteiger partial charge is 0.314 e. The number of ether oxygens (including phenoxy) is 1. The monoisotopic (exact) mass is 302 g/mol. The van der Waals surface area contributed by atoms with Gasteiger partial charge in [-0.1, -0.05) is 30.9 Å². The fraction of sp³-hybridized carbons (Fsp3) is 0.500. The highest BCUT2D eigenvalue weighted by atomic mass is 35.5. The Kier molecular flexibility index (Phi) is 4.09. The van der Waals surface area contributed by atoms with Gasteiger partial charge in [-0.2, -0.15) is 0 Å². The number of hydrogen-bond acceptors (Lipinski definition) is 3. The zero-order valence-corrected chi connectivity index (χ0v) is 11.8. The molecule has 0 heterocycles. The molecule has 0 amide bonds. The van der Waals surface area contributed by atoms with E-state index in [0.29, 0.717) is 25.7 Å². The third-order valence-corrected chi connectivity index (χ3v) is 4.23. The summed E-state index contributed by atoms with van der Waals surface area (Å²) in [7, 11) is 1.27. The zero-order valence-electron chi connectivity index (χ0n) is 11.1. The Labute approximate surface area is 121 Å². The van der Waals surface area contributed by atoms with Crippen molar-refractivity contribution in [2.24, 2.45) is 0 Å². The van der Waals surface area contributed by atoms with E-state index in [4.69, 9.17) is 16.3 Å². The number of carboxylic acid groups (broad SMARTS) is 1. The molecule has 2 N–H and O–H groups in total. The van der Waals surface area contributed by atoms with Crippen molar-refractivity contribution in [1.82, 2.24) is 0 Å². The van der Waals surface area contributed by atoms with Crippen LogP contribution in [0.1, 0.15) is 37.7 Å². The standard InChI is InChI=1S/C14H16ClFO4/c1-20-12-9(17)7-8(15)11(16)10(12)14(13(18)19)5-3-2-4-6-14/h7,17H,2-6H2,1H3,(H,18,19). The molecule has 0 aromatic heterocycles. The lowest BCUT2D eigenvalue weighted by Gasteiger charge is -2.35. The molecule has 110 valence electrons. The summed E-state index contributed by atoms with van der Waals surface area (Å²) in [6, 6.07) is 1.03. The number of hydrogen-bond donors (Lipinski definition) is 2. The molecule has 0 radical (unpaired) electrons. The lowest BCUT2D eigenvalue weighted by Crippen LogP contribution is -2.39. The van der Waals surface area contributed by atoms with Crippen molar-refractivity contribution >= 4 is 17.6 Å². The van der Waals surface area contributed by atoms with Gasteiger partial charge in [0.2, 0.25) is 0 Å². The molecule has 0 saturated heterocycles. The average Bonchev–Trinajstić information content (AvgIpc) is 2.43. The number of carboxylic acids is 1. The first kappa shape index (κ1) is 14.9. The number of carbonyl (C=O) groups is 1. The first-order valence-corrected chi connectivity index (χ1v) is 6.80. The second kappa shape index (κ2) is 5.48. The van der Waals surface area contributed by atoms with Gasteiger partial charge in [-0.15, -0.1) is 0 Å². The summed E-state index contributed by atoms with van der Waals surface area (Å²) in [4.78, 5) is 11.8. The van der Waals surface area contributed by atoms with Gasteiger partial charge in [-0.05, 0) is 12.8 Å². The Bertz CT molecular complexity index is 538. The maximum absolute atomic E-state index is 14.4. The average molecular weight is 303 g/mol. The molecular formula is C14H16ClFO4. The van der Waals surface area contributed by atoms with Gasteiger partial charge in [0.15, 0.2) is 11.5 Å². The predicted octanol–water partition coefficient (Wildman–Crippen LogP) is 3.48. The largest absolute Gasteiger partial charge is 0.504 e. The molecule has 1 aliphatic rings. The van der Waals surface area contributed by atoms with Crippen LogP contribution in [0.2, 0.25) is 5.02 Å². The van der Waals surface area contributed by atoms with Crippen LogP contribution in [-0.4, -0.2) is 23.3 Å². The number of phenolic OH excluding ortho intramolecular Hbond substituents is 1. The lowest BCUT2D eigenvalue weighted by molar-refractivity contribution is -0.145. The summed E-state index contributed by atoms with van der Waals surface area (Å²) in [5, 5.41) is 19.2. The first-order chi connectivity index (χ1) is 9.44. The molecule has 1 aromatic carbocycles. The van der Waals surface area contributed by atoms with Crippen molar-refractivity contribution in [3.8, 4) is 11.5 Å². The summed E-state index contributed by atoms with van der Waals surface area (Å²) in [5.74, 6) is -2.43. The van der Waals surface area contributed by atoms with Crippen LogP contribution in [0, 0.1) is 5.82 Å². The van der Waals surface area contributed by atoms with E-state index in [9.17, 15) is 19.4 Å². The summed E-state index contributed by atoms with van der Waals surface area (Å²) in [5.41, 5.74) is -1.53. The lowest BCUT2D eigenvalue weighted by atomic mass is 9.69. The van der Waals surface area contributed by atoms with Crippen LogP contribution in [0.3, 0.4) is 0 Å². The van der Waals surface area contributed by atoms with Gasteiger partial charge in [0.1, 0.15) is 5.82 Å². The van der Waals surface area contributed by atoms with Gasteiger partial charge in [-0.25, -0.2) is 4.39 Å². The number of rotatable bonds is 3. The minimum atomic E-state index is -1.39. The molecule has 0 bridgehead atoms. The summed E-state index contributed by atoms with van der Waals surface area (Å²) in [6.45, 7) is 0. The van der Waals surface area contributed by atoms with E-state index in [1.165, 1.54) is 7.11 Å². The van der Waals surface area contributed by atoms with Gasteiger partial charge < -0.3 is 14.9 Å². The molecule has 0 aliphatic heterocycles. The Hall–Kier alpha value is -1.49. The SMILES string of the molecule is COc1c(O)cc(Cl)c(F)c1C1(C(=O)O)CCCCC1. The fourth-order valence-corrected chi connectivity index (χ4v) is 3.15. The Morgan fingerprint density at radius 3 is 2.50 bits per heavy atom. The topological polar surface area (TPSA) is 66.8 Å². The molecule has 1 saturated carbocycles. The summed E-state index contributed by atoms with van der Waals surface area (Å²) in [6.07, 6.45) is 2.88. The Morgan fingerprint density at radius 2 is 2.00 bits per heavy atom. The highest BCUT2D eigenvalue weighted by Crippen LogP contribution is 2.49. The van der Waals surface area contributed by atoms with Crippen molar-refractivity contribution in [1.29, 1.82) is 0 Å². The molecule has 1 aromatic rings. The van der Waals surface area contributed by atoms with Crippen molar-refractivity contribution in [3.63, 3.8) is 0 Å². The minimum absolute atomic E-state index is 0.141. The minimum Gasteiger partial charge on any atom is -0.504 e. The molecule has 0 unspecified atom stereocenters. The number of methoxy groups -OCH3 is 1. The molecule has 1 aliphatic carbocycles. The van der Waals surface area contributed by atoms with E-state index in [-0.39, 0.29) is 22.1 Å². The van der Waals surface area contributed by atoms with Crippen LogP contribution in [0.15, 0.2) is 6.07 Å². The van der Waals surface area contributed by atoms with E-state index in [0.717, 1.165) is 12.5 Å². The number of halogens is 2. The van der Waals surface area contributed by atoms with Gasteiger partial charge >= 0.3 is 5.97 Å². The number of aromatic hydroxyl groups is 1. The van der Waals surface area contributed by atoms with Gasteiger partial charge in [0, 0.05) is 6.07 Å². The maximum atomic E-state index is 14.4. The van der Waals surface area contributed by atoms with Crippen molar-refractivity contribution in [2.45, 2.75) is 37.5 Å². The van der Waals surface area contributed by atoms with Crippen LogP contribution < -0.4 is 4.74 Å². The molecule has 6 heteroatoms. The number of benzene rings is 1. The summed E-state index contributed by atoms with van der Waals surface area (Å²) < 4.78 is 19.5. The van der Waals surface area contributed by atoms with Crippen LogP contribution >= 0.6 is 11.6 Å². The van der Waals surface area contributed by atoms with Gasteiger partial charge in [-0.3, -0.25) is 4.79 Å². The maximum Gasteiger partial charge on any atom is 0.314 e. The fourth-order valence-electron chi connectivity index (χ4n) is 2.96. The van der Waals surface area contributed by atoms with Crippen LogP contribution in [0.25, 0.3) is 0 Å². The zero-order chi connectivity index (χ0) is 14.9. The summed E-state index contributed by atoms with van der Waals surface area (Å²) >= 11 is 5.75. The molecular weight excluding hydrogens is 287 g/mol. The van der Waals surface area contributed by atoms with Crippen LogP contribution in [0.5, 0.6) is 11.5 Å². The second-order valence-corrected chi connectivity index (χ2v) is 5.45. The third-order valence-electron chi connectivity index (χ3n) is 3.95. The van der Waals surface area contributed by atoms with Gasteiger partial charge in [0.05, 0.1) is 23.1 Å². The van der Waals surface area contributed by atoms with Crippen molar-refractivity contribution in [2.75, 3.05) is 7.11 Å². The van der Waals surface area contributed by atoms with E-state index in [1.54, 1.807) is 0 Å². The van der Waals surface area contributed by atoms with Crippen LogP contribution in [-0.2, 0) is 10.2 Å². The third kappa shape index (κ3) is 2.20. The van der Waals surface area contributed by atoms with E-state index in [1.807, 2.05) is 0 Å². The quantitative estimate of drug-likeness (QED) is 0.897. The number of aliphatic carboxylic acids is 1. The van der Waals surface area contributed by atoms with E-state index in [2.05, 4.69) is 0 Å². The second-order valence-electron chi connectivity index (χ2n) is 5.05. The molecule has 20 heavy (non-hydrogen) atoms. The van der Waals surface area contributed by atoms with E-state index >= 15 is 0 Å². The molecule has 1 fully saturated rings. The van der Waals surface area contributed by atoms with Crippen molar-refractivity contribution in [3.05, 3.63) is 22.5 Å². The van der Waals surface area contributed by atoms with Crippen molar-refractivity contribution < 1.29 is 24.1 Å². The Morgan fingerprint density at radius 1 is 1.40 bits per heavy atom. The Balaban J connectivity index is 2.73. The molecule has 2 rings (SSSR count). The normalized spacial score (nSPS) is 17.8. The molecule has 0 atom stereocenters. The highest BCUT2D eigenvalue weighted by molar-refractivity contribution is 6.31. The predicted molar refractivity (Wildman–Crippen MR) is 72.0 cm³/mol. The van der Waals surface area contributed by atoms with Crippen LogP contribution in [0.4, 0.5) is 4.39 Å².